The number of hydrogen-bond donors (Lipinski definition) is 1. The van der Waals surface area contributed by atoms with Crippen molar-refractivity contribution < 1.29 is 19.3 Å². The molecule has 1 N–H and O–H groups in total. The Morgan fingerprint density at radius 3 is 2.79 bits per heavy atom. The van der Waals surface area contributed by atoms with Crippen LogP contribution in [0.15, 0.2) is 48.8 Å². The average Bonchev–Trinajstić information content (AvgIpc) is 3.39. The number of rotatable bonds is 4. The second-order valence-corrected chi connectivity index (χ2v) is 7.72. The lowest BCUT2D eigenvalue weighted by atomic mass is 10.0. The van der Waals surface area contributed by atoms with Crippen molar-refractivity contribution in [3.05, 3.63) is 48.8 Å². The van der Waals surface area contributed by atoms with Crippen LogP contribution in [0.25, 0.3) is 22.2 Å². The third kappa shape index (κ3) is 2.80. The summed E-state index contributed by atoms with van der Waals surface area (Å²) in [6, 6.07) is 12.3. The summed E-state index contributed by atoms with van der Waals surface area (Å²) in [5, 5.41) is 12.3. The Hall–Kier alpha value is -2.41. The topological polar surface area (TPSA) is 65.7 Å². The number of aliphatic hydroxyl groups is 1. The molecule has 0 bridgehead atoms. The summed E-state index contributed by atoms with van der Waals surface area (Å²) in [5.74, 6) is 1.63. The van der Waals surface area contributed by atoms with Gasteiger partial charge in [0.2, 0.25) is 0 Å². The van der Waals surface area contributed by atoms with Crippen LogP contribution in [0.2, 0.25) is 0 Å². The van der Waals surface area contributed by atoms with Crippen LogP contribution in [0, 0.1) is 0 Å². The highest BCUT2D eigenvalue weighted by atomic mass is 16.6. The normalized spacial score (nSPS) is 26.9. The van der Waals surface area contributed by atoms with E-state index in [0.717, 1.165) is 27.9 Å². The molecule has 2 aliphatic rings. The van der Waals surface area contributed by atoms with E-state index in [-0.39, 0.29) is 24.4 Å². The Labute approximate surface area is 163 Å². The molecule has 4 atom stereocenters. The Bertz CT molecular complexity index is 999. The molecule has 1 aromatic heterocycles. The molecule has 5 rings (SSSR count). The first-order valence-electron chi connectivity index (χ1n) is 9.76. The van der Waals surface area contributed by atoms with Gasteiger partial charge in [-0.15, -0.1) is 0 Å². The fraction of sp³-hybridized carbons (Fsp3) is 0.409. The Morgan fingerprint density at radius 1 is 1.11 bits per heavy atom. The maximum atomic E-state index is 10.1. The molecule has 146 valence electrons. The third-order valence-electron chi connectivity index (χ3n) is 5.50. The zero-order valence-corrected chi connectivity index (χ0v) is 16.0. The fourth-order valence-corrected chi connectivity index (χ4v) is 4.31. The molecule has 3 heterocycles. The molecule has 2 saturated heterocycles. The van der Waals surface area contributed by atoms with Gasteiger partial charge >= 0.3 is 0 Å². The summed E-state index contributed by atoms with van der Waals surface area (Å²) in [4.78, 5) is 4.69. The monoisotopic (exact) mass is 380 g/mol. The molecule has 6 nitrogen and oxygen atoms in total. The van der Waals surface area contributed by atoms with Gasteiger partial charge in [-0.2, -0.15) is 0 Å². The third-order valence-corrected chi connectivity index (χ3v) is 5.50. The van der Waals surface area contributed by atoms with Gasteiger partial charge in [-0.1, -0.05) is 30.3 Å². The number of nitrogens with zero attached hydrogens (tertiary/aromatic N) is 2. The molecule has 0 radical (unpaired) electrons. The number of aliphatic hydroxyl groups excluding tert-OH is 1. The van der Waals surface area contributed by atoms with E-state index < -0.39 is 6.10 Å². The first kappa shape index (κ1) is 17.7. The molecular weight excluding hydrogens is 356 g/mol. The SMILES string of the molecule is CC(C)Oc1ccc2ccccc2c1-c1nccn1[C@@H]1CO[C@H]2[C@@H]1OC[C@H]2O. The lowest BCUT2D eigenvalue weighted by Crippen LogP contribution is -2.30. The Balaban J connectivity index is 1.65. The van der Waals surface area contributed by atoms with Crippen molar-refractivity contribution in [3.63, 3.8) is 0 Å². The summed E-state index contributed by atoms with van der Waals surface area (Å²) >= 11 is 0. The van der Waals surface area contributed by atoms with E-state index >= 15 is 0 Å². The quantitative estimate of drug-likeness (QED) is 0.753. The van der Waals surface area contributed by atoms with E-state index in [2.05, 4.69) is 22.8 Å². The van der Waals surface area contributed by atoms with E-state index in [1.165, 1.54) is 0 Å². The molecule has 2 fully saturated rings. The van der Waals surface area contributed by atoms with Crippen LogP contribution in [0.4, 0.5) is 0 Å². The van der Waals surface area contributed by atoms with Crippen LogP contribution in [0.1, 0.15) is 19.9 Å². The standard InChI is InChI=1S/C22H24N2O4/c1-13(2)28-18-8-7-14-5-3-4-6-15(14)19(18)22-23-9-10-24(22)16-11-26-21-17(25)12-27-20(16)21/h3-10,13,16-17,20-21,25H,11-12H2,1-2H3/t16-,17-,20-,21-/m1/s1. The predicted molar refractivity (Wildman–Crippen MR) is 105 cm³/mol. The van der Waals surface area contributed by atoms with Crippen molar-refractivity contribution in [2.45, 2.75) is 44.3 Å². The highest BCUT2D eigenvalue weighted by Crippen LogP contribution is 2.41. The zero-order chi connectivity index (χ0) is 19.3. The predicted octanol–water partition coefficient (Wildman–Crippen LogP) is 3.19. The second kappa shape index (κ2) is 6.88. The molecule has 6 heteroatoms. The van der Waals surface area contributed by atoms with Crippen LogP contribution in [-0.4, -0.2) is 52.3 Å². The maximum absolute atomic E-state index is 10.1. The minimum Gasteiger partial charge on any atom is -0.490 e. The molecule has 0 amide bonds. The number of benzene rings is 2. The largest absolute Gasteiger partial charge is 0.490 e. The molecule has 28 heavy (non-hydrogen) atoms. The summed E-state index contributed by atoms with van der Waals surface area (Å²) in [6.07, 6.45) is 2.79. The minimum atomic E-state index is -0.570. The summed E-state index contributed by atoms with van der Waals surface area (Å²) in [5.41, 5.74) is 0.971. The first-order valence-corrected chi connectivity index (χ1v) is 9.76. The van der Waals surface area contributed by atoms with Gasteiger partial charge in [0.1, 0.15) is 29.9 Å². The summed E-state index contributed by atoms with van der Waals surface area (Å²) < 4.78 is 19.9. The summed E-state index contributed by atoms with van der Waals surface area (Å²) in [6.45, 7) is 4.84. The summed E-state index contributed by atoms with van der Waals surface area (Å²) in [7, 11) is 0. The van der Waals surface area contributed by atoms with E-state index in [4.69, 9.17) is 19.2 Å². The van der Waals surface area contributed by atoms with Gasteiger partial charge < -0.3 is 23.9 Å². The number of aromatic nitrogens is 2. The Kier molecular flexibility index (Phi) is 4.34. The van der Waals surface area contributed by atoms with Crippen LogP contribution in [0.5, 0.6) is 5.75 Å². The number of fused-ring (bicyclic) bond motifs is 2. The second-order valence-electron chi connectivity index (χ2n) is 7.72. The minimum absolute atomic E-state index is 0.0366. The van der Waals surface area contributed by atoms with Crippen molar-refractivity contribution >= 4 is 10.8 Å². The van der Waals surface area contributed by atoms with Crippen LogP contribution in [-0.2, 0) is 9.47 Å². The maximum Gasteiger partial charge on any atom is 0.144 e. The fourth-order valence-electron chi connectivity index (χ4n) is 4.31. The van der Waals surface area contributed by atoms with Crippen molar-refractivity contribution in [2.24, 2.45) is 0 Å². The van der Waals surface area contributed by atoms with Gasteiger partial charge in [-0.05, 0) is 30.7 Å². The number of imidazole rings is 1. The van der Waals surface area contributed by atoms with Gasteiger partial charge in [0.15, 0.2) is 0 Å². The highest BCUT2D eigenvalue weighted by molar-refractivity contribution is 5.98. The molecule has 0 saturated carbocycles. The van der Waals surface area contributed by atoms with E-state index in [1.807, 2.05) is 38.2 Å². The van der Waals surface area contributed by atoms with Crippen LogP contribution >= 0.6 is 0 Å². The zero-order valence-electron chi connectivity index (χ0n) is 16.0. The van der Waals surface area contributed by atoms with Gasteiger partial charge in [-0.3, -0.25) is 0 Å². The molecule has 0 unspecified atom stereocenters. The van der Waals surface area contributed by atoms with Gasteiger partial charge in [-0.25, -0.2) is 4.98 Å². The number of hydrogen-bond acceptors (Lipinski definition) is 5. The van der Waals surface area contributed by atoms with Gasteiger partial charge in [0, 0.05) is 12.4 Å². The number of ether oxygens (including phenoxy) is 3. The van der Waals surface area contributed by atoms with Crippen molar-refractivity contribution in [1.29, 1.82) is 0 Å². The van der Waals surface area contributed by atoms with E-state index in [0.29, 0.717) is 13.2 Å². The van der Waals surface area contributed by atoms with E-state index in [1.54, 1.807) is 6.20 Å². The van der Waals surface area contributed by atoms with Gasteiger partial charge in [0.25, 0.3) is 0 Å². The molecular formula is C22H24N2O4. The van der Waals surface area contributed by atoms with Crippen LogP contribution < -0.4 is 4.74 Å². The smallest absolute Gasteiger partial charge is 0.144 e. The lowest BCUT2D eigenvalue weighted by molar-refractivity contribution is 0.0172. The van der Waals surface area contributed by atoms with Crippen molar-refractivity contribution in [2.75, 3.05) is 13.2 Å². The molecule has 0 aliphatic carbocycles. The molecule has 2 aromatic carbocycles. The van der Waals surface area contributed by atoms with E-state index in [9.17, 15) is 5.11 Å². The molecule has 2 aliphatic heterocycles. The van der Waals surface area contributed by atoms with Gasteiger partial charge in [0.05, 0.1) is 30.9 Å². The van der Waals surface area contributed by atoms with Crippen LogP contribution in [0.3, 0.4) is 0 Å². The highest BCUT2D eigenvalue weighted by Gasteiger charge is 2.48. The first-order chi connectivity index (χ1) is 13.6. The molecule has 3 aromatic rings. The van der Waals surface area contributed by atoms with Crippen molar-refractivity contribution in [3.8, 4) is 17.1 Å². The Morgan fingerprint density at radius 2 is 1.93 bits per heavy atom. The van der Waals surface area contributed by atoms with Crippen molar-refractivity contribution in [1.82, 2.24) is 9.55 Å². The molecule has 0 spiro atoms. The average molecular weight is 380 g/mol. The lowest BCUT2D eigenvalue weighted by Gasteiger charge is -2.22.